The molecule has 5 nitrogen and oxygen atoms in total. The predicted molar refractivity (Wildman–Crippen MR) is 76.3 cm³/mol. The van der Waals surface area contributed by atoms with E-state index >= 15 is 0 Å². The molecule has 3 N–H and O–H groups in total. The van der Waals surface area contributed by atoms with E-state index in [0.29, 0.717) is 5.69 Å². The molecule has 0 atom stereocenters. The zero-order chi connectivity index (χ0) is 13.1. The summed E-state index contributed by atoms with van der Waals surface area (Å²) in [6, 6.07) is 5.24. The van der Waals surface area contributed by atoms with Crippen LogP contribution < -0.4 is 10.6 Å². The number of benzene rings is 1. The number of nitrogen functional groups attached to an aromatic ring is 1. The van der Waals surface area contributed by atoms with E-state index in [1.54, 1.807) is 35.2 Å². The van der Waals surface area contributed by atoms with E-state index in [4.69, 9.17) is 5.73 Å². The van der Waals surface area contributed by atoms with Gasteiger partial charge in [-0.25, -0.2) is 0 Å². The molecule has 0 bridgehead atoms. The molecule has 1 aromatic heterocycles. The van der Waals surface area contributed by atoms with Gasteiger partial charge in [-0.1, -0.05) is 29.2 Å². The van der Waals surface area contributed by atoms with Crippen molar-refractivity contribution in [2.45, 2.75) is 10.1 Å². The molecule has 1 heterocycles. The average Bonchev–Trinajstić information content (AvgIpc) is 2.79. The van der Waals surface area contributed by atoms with Gasteiger partial charge in [0.25, 0.3) is 0 Å². The van der Waals surface area contributed by atoms with Gasteiger partial charge in [0.1, 0.15) is 5.75 Å². The zero-order valence-electron chi connectivity index (χ0n) is 10.1. The first-order valence-electron chi connectivity index (χ1n) is 5.27. The molecule has 0 saturated heterocycles. The molecule has 7 heteroatoms. The minimum Gasteiger partial charge on any atom is -0.506 e. The molecule has 2 aromatic rings. The van der Waals surface area contributed by atoms with Gasteiger partial charge in [0.05, 0.1) is 5.69 Å². The number of nitrogens with zero attached hydrogens (tertiary/aromatic N) is 3. The highest BCUT2D eigenvalue weighted by Gasteiger charge is 2.07. The molecule has 0 fully saturated rings. The van der Waals surface area contributed by atoms with Gasteiger partial charge in [-0.3, -0.25) is 0 Å². The normalized spacial score (nSPS) is 10.6. The zero-order valence-corrected chi connectivity index (χ0v) is 11.8. The highest BCUT2D eigenvalue weighted by Crippen LogP contribution is 2.30. The maximum Gasteiger partial charge on any atom is 0.208 e. The van der Waals surface area contributed by atoms with Gasteiger partial charge >= 0.3 is 0 Å². The van der Waals surface area contributed by atoms with Crippen LogP contribution in [0.25, 0.3) is 0 Å². The smallest absolute Gasteiger partial charge is 0.208 e. The predicted octanol–water partition coefficient (Wildman–Crippen LogP) is 2.18. The Bertz CT molecular complexity index is 542. The van der Waals surface area contributed by atoms with Crippen molar-refractivity contribution in [3.63, 3.8) is 0 Å². The second-order valence-electron chi connectivity index (χ2n) is 3.93. The summed E-state index contributed by atoms with van der Waals surface area (Å²) in [5, 5.41) is 18.4. The Morgan fingerprint density at radius 1 is 1.39 bits per heavy atom. The fourth-order valence-corrected chi connectivity index (χ4v) is 2.99. The lowest BCUT2D eigenvalue weighted by molar-refractivity contribution is 0.478. The highest BCUT2D eigenvalue weighted by atomic mass is 32.2. The number of nitrogens with two attached hydrogens (primary N) is 1. The summed E-state index contributed by atoms with van der Waals surface area (Å²) in [7, 11) is 3.88. The molecule has 0 saturated carbocycles. The highest BCUT2D eigenvalue weighted by molar-refractivity contribution is 8.00. The third-order valence-electron chi connectivity index (χ3n) is 2.23. The first-order chi connectivity index (χ1) is 8.56. The van der Waals surface area contributed by atoms with E-state index < -0.39 is 0 Å². The lowest BCUT2D eigenvalue weighted by Gasteiger charge is -2.04. The van der Waals surface area contributed by atoms with Crippen LogP contribution in [0.15, 0.2) is 22.5 Å². The number of phenols is 1. The number of hydrogen-bond acceptors (Lipinski definition) is 7. The Morgan fingerprint density at radius 3 is 2.78 bits per heavy atom. The molecule has 0 radical (unpaired) electrons. The van der Waals surface area contributed by atoms with Gasteiger partial charge in [0.15, 0.2) is 4.34 Å². The van der Waals surface area contributed by atoms with E-state index in [0.717, 1.165) is 20.8 Å². The number of rotatable bonds is 4. The quantitative estimate of drug-likeness (QED) is 0.508. The minimum absolute atomic E-state index is 0.120. The Labute approximate surface area is 114 Å². The van der Waals surface area contributed by atoms with Crippen LogP contribution in [0.1, 0.15) is 5.56 Å². The van der Waals surface area contributed by atoms with E-state index in [-0.39, 0.29) is 5.75 Å². The SMILES string of the molecule is CN(C)c1nnc(SCc2ccc(O)c(N)c2)s1. The lowest BCUT2D eigenvalue weighted by atomic mass is 10.2. The molecule has 18 heavy (non-hydrogen) atoms. The first-order valence-corrected chi connectivity index (χ1v) is 7.07. The average molecular weight is 282 g/mol. The summed E-state index contributed by atoms with van der Waals surface area (Å²) >= 11 is 3.16. The molecule has 96 valence electrons. The third kappa shape index (κ3) is 3.05. The monoisotopic (exact) mass is 282 g/mol. The summed E-state index contributed by atoms with van der Waals surface area (Å²) < 4.78 is 0.922. The molecule has 0 aliphatic rings. The van der Waals surface area contributed by atoms with Crippen molar-refractivity contribution in [2.75, 3.05) is 24.7 Å². The second kappa shape index (κ2) is 5.45. The molecule has 0 spiro atoms. The lowest BCUT2D eigenvalue weighted by Crippen LogP contribution is -2.07. The van der Waals surface area contributed by atoms with Crippen LogP contribution in [-0.4, -0.2) is 29.4 Å². The van der Waals surface area contributed by atoms with E-state index in [2.05, 4.69) is 10.2 Å². The Balaban J connectivity index is 2.00. The Hall–Kier alpha value is -1.47. The van der Waals surface area contributed by atoms with Crippen molar-refractivity contribution >= 4 is 33.9 Å². The van der Waals surface area contributed by atoms with Crippen molar-refractivity contribution in [1.29, 1.82) is 0 Å². The van der Waals surface area contributed by atoms with Crippen LogP contribution in [-0.2, 0) is 5.75 Å². The van der Waals surface area contributed by atoms with Crippen LogP contribution in [0.2, 0.25) is 0 Å². The number of hydrogen-bond donors (Lipinski definition) is 2. The second-order valence-corrected chi connectivity index (χ2v) is 6.11. The van der Waals surface area contributed by atoms with Gasteiger partial charge in [-0.15, -0.1) is 10.2 Å². The van der Waals surface area contributed by atoms with Crippen LogP contribution >= 0.6 is 23.1 Å². The molecule has 0 unspecified atom stereocenters. The summed E-state index contributed by atoms with van der Waals surface area (Å²) in [5.74, 6) is 0.876. The van der Waals surface area contributed by atoms with E-state index in [9.17, 15) is 5.11 Å². The fraction of sp³-hybridized carbons (Fsp3) is 0.273. The molecule has 0 aliphatic carbocycles. The van der Waals surface area contributed by atoms with Crippen molar-refractivity contribution in [3.8, 4) is 5.75 Å². The van der Waals surface area contributed by atoms with Crippen LogP contribution in [0.5, 0.6) is 5.75 Å². The number of aromatic nitrogens is 2. The van der Waals surface area contributed by atoms with Gasteiger partial charge in [-0.05, 0) is 17.7 Å². The van der Waals surface area contributed by atoms with Gasteiger partial charge in [0, 0.05) is 19.8 Å². The van der Waals surface area contributed by atoms with Crippen molar-refractivity contribution < 1.29 is 5.11 Å². The van der Waals surface area contributed by atoms with Gasteiger partial charge in [0.2, 0.25) is 5.13 Å². The number of aromatic hydroxyl groups is 1. The standard InChI is InChI=1S/C11H14N4OS2/c1-15(2)10-13-14-11(18-10)17-6-7-3-4-9(16)8(12)5-7/h3-5,16H,6,12H2,1-2H3. The topological polar surface area (TPSA) is 75.3 Å². The van der Waals surface area contributed by atoms with Crippen molar-refractivity contribution in [2.24, 2.45) is 0 Å². The molecular weight excluding hydrogens is 268 g/mol. The molecule has 1 aromatic carbocycles. The number of thioether (sulfide) groups is 1. The van der Waals surface area contributed by atoms with Crippen LogP contribution in [0.4, 0.5) is 10.8 Å². The van der Waals surface area contributed by atoms with Gasteiger partial charge < -0.3 is 15.7 Å². The third-order valence-corrected chi connectivity index (χ3v) is 4.53. The summed E-state index contributed by atoms with van der Waals surface area (Å²) in [5.41, 5.74) is 7.10. The number of phenolic OH excluding ortho intramolecular Hbond substituents is 1. The molecule has 0 aliphatic heterocycles. The fourth-order valence-electron chi connectivity index (χ4n) is 1.28. The first kappa shape index (κ1) is 13.0. The van der Waals surface area contributed by atoms with Gasteiger partial charge in [-0.2, -0.15) is 0 Å². The van der Waals surface area contributed by atoms with Crippen molar-refractivity contribution in [3.05, 3.63) is 23.8 Å². The summed E-state index contributed by atoms with van der Waals surface area (Å²) in [6.07, 6.45) is 0. The van der Waals surface area contributed by atoms with Crippen LogP contribution in [0.3, 0.4) is 0 Å². The van der Waals surface area contributed by atoms with E-state index in [1.165, 1.54) is 0 Å². The largest absolute Gasteiger partial charge is 0.506 e. The summed E-state index contributed by atoms with van der Waals surface area (Å²) in [6.45, 7) is 0. The number of anilines is 2. The maximum absolute atomic E-state index is 9.34. The van der Waals surface area contributed by atoms with Crippen LogP contribution in [0, 0.1) is 0 Å². The minimum atomic E-state index is 0.120. The molecular formula is C11H14N4OS2. The Kier molecular flexibility index (Phi) is 3.93. The Morgan fingerprint density at radius 2 is 2.17 bits per heavy atom. The molecule has 0 amide bonds. The summed E-state index contributed by atoms with van der Waals surface area (Å²) in [4.78, 5) is 1.93. The molecule has 2 rings (SSSR count). The van der Waals surface area contributed by atoms with E-state index in [1.807, 2.05) is 25.1 Å². The maximum atomic E-state index is 9.34. The van der Waals surface area contributed by atoms with Crippen molar-refractivity contribution in [1.82, 2.24) is 10.2 Å².